The highest BCUT2D eigenvalue weighted by Crippen LogP contribution is 2.27. The van der Waals surface area contributed by atoms with Crippen LogP contribution >= 0.6 is 0 Å². The lowest BCUT2D eigenvalue weighted by atomic mass is 10.0. The number of nitrogens with zero attached hydrogens (tertiary/aromatic N) is 2. The first-order chi connectivity index (χ1) is 18.5. The van der Waals surface area contributed by atoms with Crippen molar-refractivity contribution in [1.82, 2.24) is 20.9 Å². The summed E-state index contributed by atoms with van der Waals surface area (Å²) in [6, 6.07) is 19.2. The van der Waals surface area contributed by atoms with Crippen LogP contribution in [0.15, 0.2) is 82.7 Å². The zero-order chi connectivity index (χ0) is 26.9. The zero-order valence-electron chi connectivity index (χ0n) is 20.9. The number of rotatable bonds is 10. The molecule has 194 valence electrons. The standard InChI is InChI=1S/C28H27N5O5/c1-3-15-38-22-14-13-18(16-23(22)37-2)17-29-32-28(36)25(30-26(34)19-9-5-4-6-10-19)24-20-11-7-8-12-21(20)27(35)33-31-24/h4-14,16-17,25H,3,15H2,1-2H3,(H,30,34)(H,32,36)(H,33,35). The SMILES string of the molecule is CCCOc1ccc(C=NNC(=O)C(NC(=O)c2ccccc2)c2n[nH]c(=O)c3ccccc23)cc1OC. The molecule has 10 nitrogen and oxygen atoms in total. The first-order valence-electron chi connectivity index (χ1n) is 12.0. The number of hydrazone groups is 1. The molecule has 0 aliphatic carbocycles. The van der Waals surface area contributed by atoms with Gasteiger partial charge in [0.2, 0.25) is 0 Å². The summed E-state index contributed by atoms with van der Waals surface area (Å²) in [5, 5.41) is 14.0. The molecule has 1 atom stereocenters. The number of ether oxygens (including phenoxy) is 2. The number of nitrogens with one attached hydrogen (secondary N) is 3. The van der Waals surface area contributed by atoms with E-state index in [0.717, 1.165) is 6.42 Å². The molecule has 4 aromatic rings. The maximum Gasteiger partial charge on any atom is 0.272 e. The molecule has 3 aromatic carbocycles. The highest BCUT2D eigenvalue weighted by molar-refractivity contribution is 5.99. The second-order valence-corrected chi connectivity index (χ2v) is 8.25. The average Bonchev–Trinajstić information content (AvgIpc) is 2.96. The molecule has 2 amide bonds. The van der Waals surface area contributed by atoms with E-state index in [9.17, 15) is 14.4 Å². The number of aromatic nitrogens is 2. The van der Waals surface area contributed by atoms with Gasteiger partial charge in [-0.1, -0.05) is 43.3 Å². The summed E-state index contributed by atoms with van der Waals surface area (Å²) in [5.41, 5.74) is 3.25. The maximum absolute atomic E-state index is 13.3. The second-order valence-electron chi connectivity index (χ2n) is 8.25. The van der Waals surface area contributed by atoms with Crippen LogP contribution in [0.1, 0.15) is 41.0 Å². The van der Waals surface area contributed by atoms with Crippen molar-refractivity contribution in [2.45, 2.75) is 19.4 Å². The number of hydrogen-bond donors (Lipinski definition) is 3. The number of benzene rings is 3. The summed E-state index contributed by atoms with van der Waals surface area (Å²) >= 11 is 0. The van der Waals surface area contributed by atoms with Crippen LogP contribution in [-0.2, 0) is 4.79 Å². The zero-order valence-corrected chi connectivity index (χ0v) is 20.9. The minimum atomic E-state index is -1.25. The van der Waals surface area contributed by atoms with E-state index in [1.165, 1.54) is 6.21 Å². The van der Waals surface area contributed by atoms with Crippen LogP contribution in [0.4, 0.5) is 0 Å². The number of methoxy groups -OCH3 is 1. The van der Waals surface area contributed by atoms with Crippen molar-refractivity contribution in [1.29, 1.82) is 0 Å². The second kappa shape index (κ2) is 12.3. The summed E-state index contributed by atoms with van der Waals surface area (Å²) < 4.78 is 11.0. The quantitative estimate of drug-likeness (QED) is 0.220. The lowest BCUT2D eigenvalue weighted by Gasteiger charge is -2.18. The summed E-state index contributed by atoms with van der Waals surface area (Å²) in [6.07, 6.45) is 2.30. The van der Waals surface area contributed by atoms with Crippen LogP contribution < -0.4 is 25.8 Å². The van der Waals surface area contributed by atoms with Crippen molar-refractivity contribution >= 4 is 28.8 Å². The Morgan fingerprint density at radius 1 is 1.03 bits per heavy atom. The van der Waals surface area contributed by atoms with E-state index in [2.05, 4.69) is 26.0 Å². The van der Waals surface area contributed by atoms with E-state index < -0.39 is 23.4 Å². The number of H-pyrrole nitrogens is 1. The van der Waals surface area contributed by atoms with Gasteiger partial charge in [-0.25, -0.2) is 10.5 Å². The van der Waals surface area contributed by atoms with Gasteiger partial charge in [0.25, 0.3) is 17.4 Å². The molecule has 0 spiro atoms. The molecular weight excluding hydrogens is 486 g/mol. The van der Waals surface area contributed by atoms with Gasteiger partial charge in [0.05, 0.1) is 25.3 Å². The third-order valence-electron chi connectivity index (χ3n) is 5.61. The molecule has 0 aliphatic rings. The molecule has 1 heterocycles. The van der Waals surface area contributed by atoms with E-state index >= 15 is 0 Å². The number of aromatic amines is 1. The highest BCUT2D eigenvalue weighted by Gasteiger charge is 2.27. The van der Waals surface area contributed by atoms with Gasteiger partial charge in [-0.15, -0.1) is 0 Å². The van der Waals surface area contributed by atoms with Gasteiger partial charge in [-0.3, -0.25) is 14.4 Å². The van der Waals surface area contributed by atoms with Gasteiger partial charge in [0.15, 0.2) is 17.5 Å². The van der Waals surface area contributed by atoms with Crippen LogP contribution in [-0.4, -0.2) is 41.9 Å². The normalized spacial score (nSPS) is 11.7. The largest absolute Gasteiger partial charge is 0.493 e. The summed E-state index contributed by atoms with van der Waals surface area (Å²) in [5.74, 6) is 0.00481. The lowest BCUT2D eigenvalue weighted by molar-refractivity contribution is -0.123. The number of amides is 2. The predicted octanol–water partition coefficient (Wildman–Crippen LogP) is 3.34. The predicted molar refractivity (Wildman–Crippen MR) is 144 cm³/mol. The van der Waals surface area contributed by atoms with Gasteiger partial charge in [0.1, 0.15) is 5.69 Å². The monoisotopic (exact) mass is 513 g/mol. The van der Waals surface area contributed by atoms with E-state index in [-0.39, 0.29) is 5.69 Å². The first-order valence-corrected chi connectivity index (χ1v) is 12.0. The first kappa shape index (κ1) is 26.1. The van der Waals surface area contributed by atoms with Gasteiger partial charge >= 0.3 is 0 Å². The fourth-order valence-electron chi connectivity index (χ4n) is 3.75. The van der Waals surface area contributed by atoms with Crippen LogP contribution in [0.5, 0.6) is 11.5 Å². The van der Waals surface area contributed by atoms with Crippen molar-refractivity contribution in [2.75, 3.05) is 13.7 Å². The smallest absolute Gasteiger partial charge is 0.272 e. The molecule has 1 aromatic heterocycles. The van der Waals surface area contributed by atoms with E-state index in [0.29, 0.717) is 40.0 Å². The van der Waals surface area contributed by atoms with Crippen LogP contribution in [0.25, 0.3) is 10.8 Å². The Morgan fingerprint density at radius 3 is 2.50 bits per heavy atom. The van der Waals surface area contributed by atoms with Crippen LogP contribution in [0.3, 0.4) is 0 Å². The fraction of sp³-hybridized carbons (Fsp3) is 0.179. The minimum Gasteiger partial charge on any atom is -0.493 e. The topological polar surface area (TPSA) is 135 Å². The van der Waals surface area contributed by atoms with Gasteiger partial charge in [0, 0.05) is 10.9 Å². The molecule has 4 rings (SSSR count). The molecule has 1 unspecified atom stereocenters. The number of fused-ring (bicyclic) bond motifs is 1. The van der Waals surface area contributed by atoms with Gasteiger partial charge < -0.3 is 14.8 Å². The van der Waals surface area contributed by atoms with Gasteiger partial charge in [-0.2, -0.15) is 10.2 Å². The molecule has 0 radical (unpaired) electrons. The number of hydrogen-bond acceptors (Lipinski definition) is 7. The Bertz CT molecular complexity index is 1520. The highest BCUT2D eigenvalue weighted by atomic mass is 16.5. The average molecular weight is 514 g/mol. The van der Waals surface area contributed by atoms with Gasteiger partial charge in [-0.05, 0) is 48.4 Å². The molecule has 0 bridgehead atoms. The van der Waals surface area contributed by atoms with Crippen LogP contribution in [0.2, 0.25) is 0 Å². The number of carbonyl (C=O) groups is 2. The molecule has 0 saturated heterocycles. The third-order valence-corrected chi connectivity index (χ3v) is 5.61. The molecule has 38 heavy (non-hydrogen) atoms. The Hall–Kier alpha value is -4.99. The van der Waals surface area contributed by atoms with Crippen molar-refractivity contribution < 1.29 is 19.1 Å². The Morgan fingerprint density at radius 2 is 1.76 bits per heavy atom. The van der Waals surface area contributed by atoms with Crippen molar-refractivity contribution in [3.63, 3.8) is 0 Å². The molecule has 10 heteroatoms. The minimum absolute atomic E-state index is 0.177. The summed E-state index contributed by atoms with van der Waals surface area (Å²) in [7, 11) is 1.54. The fourth-order valence-corrected chi connectivity index (χ4v) is 3.75. The van der Waals surface area contributed by atoms with Crippen molar-refractivity contribution in [2.24, 2.45) is 5.10 Å². The van der Waals surface area contributed by atoms with Crippen molar-refractivity contribution in [3.8, 4) is 11.5 Å². The Balaban J connectivity index is 1.61. The van der Waals surface area contributed by atoms with E-state index in [4.69, 9.17) is 9.47 Å². The Kier molecular flexibility index (Phi) is 8.45. The molecule has 0 fully saturated rings. The van der Waals surface area contributed by atoms with Crippen molar-refractivity contribution in [3.05, 3.63) is 100.0 Å². The van der Waals surface area contributed by atoms with E-state index in [1.54, 1.807) is 79.9 Å². The molecular formula is C28H27N5O5. The molecule has 3 N–H and O–H groups in total. The maximum atomic E-state index is 13.3. The molecule has 0 saturated carbocycles. The summed E-state index contributed by atoms with van der Waals surface area (Å²) in [6.45, 7) is 2.57. The Labute approximate surface area is 218 Å². The lowest BCUT2D eigenvalue weighted by Crippen LogP contribution is -2.40. The number of carbonyl (C=O) groups excluding carboxylic acids is 2. The van der Waals surface area contributed by atoms with Crippen LogP contribution in [0, 0.1) is 0 Å². The van der Waals surface area contributed by atoms with E-state index in [1.807, 2.05) is 6.92 Å². The third kappa shape index (κ3) is 6.04. The molecule has 0 aliphatic heterocycles. The summed E-state index contributed by atoms with van der Waals surface area (Å²) in [4.78, 5) is 38.5.